The van der Waals surface area contributed by atoms with Crippen LogP contribution in [0.25, 0.3) is 0 Å². The minimum Gasteiger partial charge on any atom is -0.395 e. The van der Waals surface area contributed by atoms with E-state index in [-0.39, 0.29) is 42.9 Å². The van der Waals surface area contributed by atoms with Crippen LogP contribution in [-0.2, 0) is 19.9 Å². The molecule has 112 valence electrons. The molecule has 6 nitrogen and oxygen atoms in total. The first-order valence-corrected chi connectivity index (χ1v) is 9.92. The Balaban J connectivity index is 2.15. The first-order chi connectivity index (χ1) is 8.78. The Bertz CT molecular complexity index is 513. The van der Waals surface area contributed by atoms with Crippen molar-refractivity contribution in [2.75, 3.05) is 24.7 Å². The molecule has 0 aromatic carbocycles. The third-order valence-electron chi connectivity index (χ3n) is 4.27. The summed E-state index contributed by atoms with van der Waals surface area (Å²) in [4.78, 5) is 0. The summed E-state index contributed by atoms with van der Waals surface area (Å²) in [5.74, 6) is 0.0424. The van der Waals surface area contributed by atoms with Crippen LogP contribution in [0.4, 0.5) is 0 Å². The van der Waals surface area contributed by atoms with Crippen LogP contribution in [-0.4, -0.2) is 62.2 Å². The lowest BCUT2D eigenvalue weighted by atomic mass is 10.0. The van der Waals surface area contributed by atoms with E-state index >= 15 is 0 Å². The molecule has 2 atom stereocenters. The third-order valence-corrected chi connectivity index (χ3v) is 8.40. The van der Waals surface area contributed by atoms with Crippen molar-refractivity contribution in [1.29, 1.82) is 0 Å². The summed E-state index contributed by atoms with van der Waals surface area (Å²) in [5.41, 5.74) is 0. The van der Waals surface area contributed by atoms with E-state index < -0.39 is 25.1 Å². The third kappa shape index (κ3) is 2.96. The summed E-state index contributed by atoms with van der Waals surface area (Å²) in [6.07, 6.45) is 1.09. The first kappa shape index (κ1) is 15.2. The molecule has 0 radical (unpaired) electrons. The number of nitrogens with zero attached hydrogens (tertiary/aromatic N) is 1. The zero-order valence-electron chi connectivity index (χ0n) is 11.0. The van der Waals surface area contributed by atoms with E-state index in [2.05, 4.69) is 0 Å². The predicted octanol–water partition coefficient (Wildman–Crippen LogP) is -0.404. The molecule has 2 aliphatic heterocycles. The van der Waals surface area contributed by atoms with Crippen LogP contribution < -0.4 is 0 Å². The molecular formula is C11H21NO5S2. The van der Waals surface area contributed by atoms with E-state index in [0.717, 1.165) is 6.42 Å². The molecule has 2 fully saturated rings. The number of hydrogen-bond donors (Lipinski definition) is 1. The maximum Gasteiger partial charge on any atom is 0.217 e. The fourth-order valence-corrected chi connectivity index (χ4v) is 6.93. The molecule has 0 aromatic rings. The van der Waals surface area contributed by atoms with Crippen molar-refractivity contribution < 1.29 is 21.9 Å². The average Bonchev–Trinajstić information content (AvgIpc) is 2.70. The first-order valence-electron chi connectivity index (χ1n) is 6.60. The van der Waals surface area contributed by atoms with Gasteiger partial charge in [0.1, 0.15) is 9.84 Å². The zero-order chi connectivity index (χ0) is 14.3. The Kier molecular flexibility index (Phi) is 4.25. The highest BCUT2D eigenvalue weighted by Gasteiger charge is 2.43. The second kappa shape index (κ2) is 5.31. The molecular weight excluding hydrogens is 290 g/mol. The van der Waals surface area contributed by atoms with Crippen molar-refractivity contribution in [3.8, 4) is 0 Å². The lowest BCUT2D eigenvalue weighted by Gasteiger charge is -2.30. The molecule has 0 saturated carbocycles. The topological polar surface area (TPSA) is 91.8 Å². The number of rotatable bonds is 3. The fraction of sp³-hybridized carbons (Fsp3) is 1.00. The molecule has 0 bridgehead atoms. The van der Waals surface area contributed by atoms with Gasteiger partial charge in [-0.2, -0.15) is 4.31 Å². The molecule has 1 N–H and O–H groups in total. The standard InChI is InChI=1S/C11H21NO5S2/c1-9-2-5-12(11(9)8-13)19(16,17)10-3-6-18(14,15)7-4-10/h9-11,13H,2-8H2,1H3. The average molecular weight is 311 g/mol. The van der Waals surface area contributed by atoms with Crippen LogP contribution in [0.3, 0.4) is 0 Å². The van der Waals surface area contributed by atoms with Gasteiger partial charge in [0.2, 0.25) is 10.0 Å². The van der Waals surface area contributed by atoms with Crippen LogP contribution in [0, 0.1) is 5.92 Å². The minimum atomic E-state index is -3.50. The molecule has 2 rings (SSSR count). The monoisotopic (exact) mass is 311 g/mol. The van der Waals surface area contributed by atoms with Crippen LogP contribution in [0.5, 0.6) is 0 Å². The zero-order valence-corrected chi connectivity index (χ0v) is 12.7. The molecule has 0 amide bonds. The van der Waals surface area contributed by atoms with Gasteiger partial charge in [-0.15, -0.1) is 0 Å². The van der Waals surface area contributed by atoms with Crippen LogP contribution >= 0.6 is 0 Å². The smallest absolute Gasteiger partial charge is 0.217 e. The van der Waals surface area contributed by atoms with Gasteiger partial charge in [-0.25, -0.2) is 16.8 Å². The molecule has 0 spiro atoms. The molecule has 2 unspecified atom stereocenters. The van der Waals surface area contributed by atoms with Crippen LogP contribution in [0.1, 0.15) is 26.2 Å². The largest absolute Gasteiger partial charge is 0.395 e. The maximum absolute atomic E-state index is 12.5. The van der Waals surface area contributed by atoms with Gasteiger partial charge < -0.3 is 5.11 Å². The lowest BCUT2D eigenvalue weighted by Crippen LogP contribution is -2.46. The second-order valence-electron chi connectivity index (χ2n) is 5.52. The molecule has 2 aliphatic rings. The molecule has 2 heterocycles. The van der Waals surface area contributed by atoms with Gasteiger partial charge in [-0.3, -0.25) is 0 Å². The summed E-state index contributed by atoms with van der Waals surface area (Å²) in [6, 6.07) is -0.358. The Hall–Kier alpha value is -0.180. The Labute approximate surface area is 114 Å². The maximum atomic E-state index is 12.5. The Morgan fingerprint density at radius 3 is 2.32 bits per heavy atom. The Morgan fingerprint density at radius 1 is 1.21 bits per heavy atom. The van der Waals surface area contributed by atoms with Gasteiger partial charge in [-0.05, 0) is 25.2 Å². The van der Waals surface area contributed by atoms with Crippen LogP contribution in [0.15, 0.2) is 0 Å². The van der Waals surface area contributed by atoms with E-state index in [9.17, 15) is 21.9 Å². The van der Waals surface area contributed by atoms with Crippen molar-refractivity contribution in [1.82, 2.24) is 4.31 Å². The number of aliphatic hydroxyl groups is 1. The van der Waals surface area contributed by atoms with Gasteiger partial charge in [-0.1, -0.05) is 6.92 Å². The summed E-state index contributed by atoms with van der Waals surface area (Å²) in [5, 5.41) is 8.73. The van der Waals surface area contributed by atoms with Gasteiger partial charge in [0, 0.05) is 6.54 Å². The van der Waals surface area contributed by atoms with Gasteiger partial charge in [0.05, 0.1) is 29.4 Å². The highest BCUT2D eigenvalue weighted by Crippen LogP contribution is 2.31. The van der Waals surface area contributed by atoms with Gasteiger partial charge in [0.25, 0.3) is 0 Å². The number of sulfonamides is 1. The quantitative estimate of drug-likeness (QED) is 0.765. The minimum absolute atomic E-state index is 0.0515. The van der Waals surface area contributed by atoms with E-state index in [4.69, 9.17) is 0 Å². The molecule has 0 aromatic heterocycles. The lowest BCUT2D eigenvalue weighted by molar-refractivity contribution is 0.190. The van der Waals surface area contributed by atoms with E-state index in [1.54, 1.807) is 0 Å². The summed E-state index contributed by atoms with van der Waals surface area (Å²) < 4.78 is 49.2. The van der Waals surface area contributed by atoms with Crippen molar-refractivity contribution in [3.63, 3.8) is 0 Å². The van der Waals surface area contributed by atoms with Crippen molar-refractivity contribution in [3.05, 3.63) is 0 Å². The van der Waals surface area contributed by atoms with Crippen molar-refractivity contribution in [2.24, 2.45) is 5.92 Å². The molecule has 19 heavy (non-hydrogen) atoms. The normalized spacial score (nSPS) is 33.6. The van der Waals surface area contributed by atoms with Crippen LogP contribution in [0.2, 0.25) is 0 Å². The molecule has 0 aliphatic carbocycles. The van der Waals surface area contributed by atoms with Gasteiger partial charge in [0.15, 0.2) is 0 Å². The molecule has 2 saturated heterocycles. The number of hydrogen-bond acceptors (Lipinski definition) is 5. The highest BCUT2D eigenvalue weighted by molar-refractivity contribution is 7.92. The predicted molar refractivity (Wildman–Crippen MR) is 72.0 cm³/mol. The fourth-order valence-electron chi connectivity index (χ4n) is 2.92. The van der Waals surface area contributed by atoms with Gasteiger partial charge >= 0.3 is 0 Å². The molecule has 8 heteroatoms. The number of sulfone groups is 1. The summed E-state index contributed by atoms with van der Waals surface area (Å²) in [7, 11) is -6.56. The SMILES string of the molecule is CC1CCN(S(=O)(=O)C2CCS(=O)(=O)CC2)C1CO. The van der Waals surface area contributed by atoms with E-state index in [1.165, 1.54) is 4.31 Å². The highest BCUT2D eigenvalue weighted by atomic mass is 32.2. The Morgan fingerprint density at radius 2 is 1.79 bits per heavy atom. The van der Waals surface area contributed by atoms with E-state index in [0.29, 0.717) is 6.54 Å². The van der Waals surface area contributed by atoms with Crippen molar-refractivity contribution in [2.45, 2.75) is 37.5 Å². The summed E-state index contributed by atoms with van der Waals surface area (Å²) in [6.45, 7) is 2.19. The summed E-state index contributed by atoms with van der Waals surface area (Å²) >= 11 is 0. The second-order valence-corrected chi connectivity index (χ2v) is 9.99. The van der Waals surface area contributed by atoms with E-state index in [1.807, 2.05) is 6.92 Å². The number of aliphatic hydroxyl groups excluding tert-OH is 1. The van der Waals surface area contributed by atoms with Crippen molar-refractivity contribution >= 4 is 19.9 Å².